The standard InChI is InChI=1S/C20H20FN3O2/c1-14-7-9-16(10-8-14)20-22-18(26-23-20)13-24(2)19(25)12-11-15-5-3-4-6-17(15)21/h3-10H,11-13H2,1-2H3. The first-order valence-corrected chi connectivity index (χ1v) is 8.40. The fourth-order valence-electron chi connectivity index (χ4n) is 2.56. The van der Waals surface area contributed by atoms with Crippen molar-refractivity contribution in [3.8, 4) is 11.4 Å². The lowest BCUT2D eigenvalue weighted by atomic mass is 10.1. The summed E-state index contributed by atoms with van der Waals surface area (Å²) in [5, 5.41) is 3.96. The quantitative estimate of drug-likeness (QED) is 0.677. The van der Waals surface area contributed by atoms with Crippen LogP contribution in [0.1, 0.15) is 23.4 Å². The van der Waals surface area contributed by atoms with E-state index in [4.69, 9.17) is 4.52 Å². The van der Waals surface area contributed by atoms with Crippen molar-refractivity contribution in [1.29, 1.82) is 0 Å². The van der Waals surface area contributed by atoms with E-state index in [1.807, 2.05) is 31.2 Å². The van der Waals surface area contributed by atoms with Crippen LogP contribution in [-0.4, -0.2) is 28.0 Å². The number of hydrogen-bond acceptors (Lipinski definition) is 4. The molecule has 0 atom stereocenters. The summed E-state index contributed by atoms with van der Waals surface area (Å²) in [4.78, 5) is 18.1. The summed E-state index contributed by atoms with van der Waals surface area (Å²) in [5.41, 5.74) is 2.55. The molecular formula is C20H20FN3O2. The predicted octanol–water partition coefficient (Wildman–Crippen LogP) is 3.78. The number of carbonyl (C=O) groups is 1. The lowest BCUT2D eigenvalue weighted by Gasteiger charge is -2.14. The molecule has 134 valence electrons. The second-order valence-corrected chi connectivity index (χ2v) is 6.22. The molecule has 5 nitrogen and oxygen atoms in total. The smallest absolute Gasteiger partial charge is 0.246 e. The zero-order valence-electron chi connectivity index (χ0n) is 14.8. The highest BCUT2D eigenvalue weighted by Crippen LogP contribution is 2.17. The van der Waals surface area contributed by atoms with Crippen LogP contribution in [-0.2, 0) is 17.8 Å². The van der Waals surface area contributed by atoms with Gasteiger partial charge in [-0.3, -0.25) is 4.79 Å². The van der Waals surface area contributed by atoms with Crippen LogP contribution < -0.4 is 0 Å². The maximum Gasteiger partial charge on any atom is 0.246 e. The van der Waals surface area contributed by atoms with Gasteiger partial charge in [-0.05, 0) is 25.0 Å². The Bertz CT molecular complexity index is 890. The van der Waals surface area contributed by atoms with Gasteiger partial charge < -0.3 is 9.42 Å². The molecule has 0 aliphatic carbocycles. The van der Waals surface area contributed by atoms with E-state index < -0.39 is 0 Å². The maximum absolute atomic E-state index is 13.6. The molecule has 3 aromatic rings. The first kappa shape index (κ1) is 17.8. The van der Waals surface area contributed by atoms with E-state index in [1.165, 1.54) is 11.0 Å². The molecule has 3 rings (SSSR count). The maximum atomic E-state index is 13.6. The van der Waals surface area contributed by atoms with Crippen LogP contribution in [0.15, 0.2) is 53.1 Å². The lowest BCUT2D eigenvalue weighted by molar-refractivity contribution is -0.130. The average Bonchev–Trinajstić information content (AvgIpc) is 3.09. The number of aryl methyl sites for hydroxylation is 2. The van der Waals surface area contributed by atoms with Crippen molar-refractivity contribution >= 4 is 5.91 Å². The third kappa shape index (κ3) is 4.33. The van der Waals surface area contributed by atoms with Gasteiger partial charge in [0.15, 0.2) is 0 Å². The summed E-state index contributed by atoms with van der Waals surface area (Å²) in [6.45, 7) is 2.22. The van der Waals surface area contributed by atoms with Crippen LogP contribution in [0.25, 0.3) is 11.4 Å². The molecule has 0 fully saturated rings. The van der Waals surface area contributed by atoms with Crippen molar-refractivity contribution in [3.63, 3.8) is 0 Å². The number of rotatable bonds is 6. The van der Waals surface area contributed by atoms with E-state index in [0.717, 1.165) is 11.1 Å². The van der Waals surface area contributed by atoms with E-state index in [2.05, 4.69) is 10.1 Å². The molecule has 2 aromatic carbocycles. The lowest BCUT2D eigenvalue weighted by Crippen LogP contribution is -2.26. The fraction of sp³-hybridized carbons (Fsp3) is 0.250. The third-order valence-electron chi connectivity index (χ3n) is 4.14. The Kier molecular flexibility index (Phi) is 5.41. The van der Waals surface area contributed by atoms with Crippen molar-refractivity contribution in [2.75, 3.05) is 7.05 Å². The Hall–Kier alpha value is -3.02. The summed E-state index contributed by atoms with van der Waals surface area (Å²) < 4.78 is 18.9. The van der Waals surface area contributed by atoms with Crippen molar-refractivity contribution in [3.05, 3.63) is 71.4 Å². The molecule has 0 aliphatic heterocycles. The third-order valence-corrected chi connectivity index (χ3v) is 4.14. The summed E-state index contributed by atoms with van der Waals surface area (Å²) in [5.74, 6) is 0.459. The van der Waals surface area contributed by atoms with Crippen LogP contribution in [0.3, 0.4) is 0 Å². The Morgan fingerprint density at radius 3 is 2.62 bits per heavy atom. The SMILES string of the molecule is Cc1ccc(-c2noc(CN(C)C(=O)CCc3ccccc3F)n2)cc1. The monoisotopic (exact) mass is 353 g/mol. The molecule has 0 N–H and O–H groups in total. The van der Waals surface area contributed by atoms with E-state index in [0.29, 0.717) is 23.7 Å². The summed E-state index contributed by atoms with van der Waals surface area (Å²) in [6.07, 6.45) is 0.574. The van der Waals surface area contributed by atoms with Crippen LogP contribution in [0.5, 0.6) is 0 Å². The van der Waals surface area contributed by atoms with Gasteiger partial charge >= 0.3 is 0 Å². The van der Waals surface area contributed by atoms with E-state index >= 15 is 0 Å². The van der Waals surface area contributed by atoms with E-state index in [1.54, 1.807) is 25.2 Å². The van der Waals surface area contributed by atoms with Gasteiger partial charge in [0.2, 0.25) is 17.6 Å². The largest absolute Gasteiger partial charge is 0.337 e. The molecular weight excluding hydrogens is 333 g/mol. The zero-order valence-corrected chi connectivity index (χ0v) is 14.8. The topological polar surface area (TPSA) is 59.2 Å². The normalized spacial score (nSPS) is 10.7. The minimum atomic E-state index is -0.289. The Balaban J connectivity index is 1.57. The van der Waals surface area contributed by atoms with Gasteiger partial charge in [-0.1, -0.05) is 53.2 Å². The molecule has 0 unspecified atom stereocenters. The molecule has 6 heteroatoms. The molecule has 0 aliphatic rings. The first-order chi connectivity index (χ1) is 12.5. The van der Waals surface area contributed by atoms with Gasteiger partial charge in [0.1, 0.15) is 5.82 Å². The zero-order chi connectivity index (χ0) is 18.5. The molecule has 0 radical (unpaired) electrons. The van der Waals surface area contributed by atoms with Crippen molar-refractivity contribution in [1.82, 2.24) is 15.0 Å². The Morgan fingerprint density at radius 1 is 1.15 bits per heavy atom. The number of carbonyl (C=O) groups excluding carboxylic acids is 1. The second-order valence-electron chi connectivity index (χ2n) is 6.22. The van der Waals surface area contributed by atoms with Gasteiger partial charge in [-0.2, -0.15) is 4.98 Å². The highest BCUT2D eigenvalue weighted by molar-refractivity contribution is 5.76. The van der Waals surface area contributed by atoms with Crippen LogP contribution in [0.2, 0.25) is 0 Å². The highest BCUT2D eigenvalue weighted by Gasteiger charge is 2.15. The predicted molar refractivity (Wildman–Crippen MR) is 95.7 cm³/mol. The minimum absolute atomic E-state index is 0.108. The number of halogens is 1. The van der Waals surface area contributed by atoms with E-state index in [9.17, 15) is 9.18 Å². The van der Waals surface area contributed by atoms with E-state index in [-0.39, 0.29) is 24.7 Å². The van der Waals surface area contributed by atoms with Crippen molar-refractivity contribution in [2.45, 2.75) is 26.3 Å². The van der Waals surface area contributed by atoms with Gasteiger partial charge in [-0.15, -0.1) is 0 Å². The minimum Gasteiger partial charge on any atom is -0.337 e. The Morgan fingerprint density at radius 2 is 1.88 bits per heavy atom. The van der Waals surface area contributed by atoms with Gasteiger partial charge in [-0.25, -0.2) is 4.39 Å². The van der Waals surface area contributed by atoms with Crippen LogP contribution in [0, 0.1) is 12.7 Å². The summed E-state index contributed by atoms with van der Waals surface area (Å²) in [6, 6.07) is 14.3. The fourth-order valence-corrected chi connectivity index (χ4v) is 2.56. The second kappa shape index (κ2) is 7.91. The molecule has 0 bridgehead atoms. The molecule has 1 amide bonds. The van der Waals surface area contributed by atoms with Crippen LogP contribution in [0.4, 0.5) is 4.39 Å². The number of hydrogen-bond donors (Lipinski definition) is 0. The number of benzene rings is 2. The molecule has 0 saturated carbocycles. The number of amides is 1. The Labute approximate surface area is 151 Å². The summed E-state index contributed by atoms with van der Waals surface area (Å²) in [7, 11) is 1.67. The van der Waals surface area contributed by atoms with Crippen LogP contribution >= 0.6 is 0 Å². The molecule has 0 spiro atoms. The summed E-state index contributed by atoms with van der Waals surface area (Å²) >= 11 is 0. The van der Waals surface area contributed by atoms with Gasteiger partial charge in [0.25, 0.3) is 0 Å². The van der Waals surface area contributed by atoms with Gasteiger partial charge in [0, 0.05) is 19.0 Å². The molecule has 0 saturated heterocycles. The molecule has 1 heterocycles. The molecule has 26 heavy (non-hydrogen) atoms. The molecule has 1 aromatic heterocycles. The van der Waals surface area contributed by atoms with Crippen molar-refractivity contribution < 1.29 is 13.7 Å². The van der Waals surface area contributed by atoms with Crippen molar-refractivity contribution in [2.24, 2.45) is 0 Å². The highest BCUT2D eigenvalue weighted by atomic mass is 19.1. The average molecular weight is 353 g/mol. The first-order valence-electron chi connectivity index (χ1n) is 8.40. The number of nitrogens with zero attached hydrogens (tertiary/aromatic N) is 3. The van der Waals surface area contributed by atoms with Gasteiger partial charge in [0.05, 0.1) is 6.54 Å². The number of aromatic nitrogens is 2.